The van der Waals surface area contributed by atoms with Crippen molar-refractivity contribution < 1.29 is 9.53 Å². The van der Waals surface area contributed by atoms with Gasteiger partial charge in [-0.2, -0.15) is 5.10 Å². The summed E-state index contributed by atoms with van der Waals surface area (Å²) in [5.41, 5.74) is 9.05. The van der Waals surface area contributed by atoms with Gasteiger partial charge < -0.3 is 10.5 Å². The zero-order valence-electron chi connectivity index (χ0n) is 10.2. The fourth-order valence-electron chi connectivity index (χ4n) is 1.37. The lowest BCUT2D eigenvalue weighted by Crippen LogP contribution is -2.26. The van der Waals surface area contributed by atoms with E-state index in [1.807, 2.05) is 38.1 Å². The minimum Gasteiger partial charge on any atom is -0.497 e. The Labute approximate surface area is 101 Å². The van der Waals surface area contributed by atoms with Gasteiger partial charge >= 0.3 is 6.03 Å². The number of benzene rings is 1. The Kier molecular flexibility index (Phi) is 4.51. The molecule has 0 aromatic heterocycles. The van der Waals surface area contributed by atoms with Gasteiger partial charge in [-0.3, -0.25) is 0 Å². The number of carbonyl (C=O) groups is 1. The maximum Gasteiger partial charge on any atom is 0.332 e. The number of hydrazone groups is 1. The Bertz CT molecular complexity index is 412. The maximum atomic E-state index is 10.5. The molecule has 0 saturated heterocycles. The number of nitrogens with two attached hydrogens (primary N) is 1. The van der Waals surface area contributed by atoms with Crippen LogP contribution in [0, 0.1) is 0 Å². The van der Waals surface area contributed by atoms with Crippen LogP contribution in [0.15, 0.2) is 29.4 Å². The zero-order chi connectivity index (χ0) is 12.8. The summed E-state index contributed by atoms with van der Waals surface area (Å²) < 4.78 is 5.08. The smallest absolute Gasteiger partial charge is 0.332 e. The van der Waals surface area contributed by atoms with Crippen molar-refractivity contribution in [2.45, 2.75) is 19.8 Å². The molecule has 1 atom stereocenters. The summed E-state index contributed by atoms with van der Waals surface area (Å²) in [6.07, 6.45) is 0. The number of primary amides is 1. The second kappa shape index (κ2) is 5.89. The lowest BCUT2D eigenvalue weighted by molar-refractivity contribution is 0.249. The van der Waals surface area contributed by atoms with E-state index >= 15 is 0 Å². The maximum absolute atomic E-state index is 10.5. The van der Waals surface area contributed by atoms with Gasteiger partial charge in [0, 0.05) is 11.6 Å². The standard InChI is InChI=1S/C12H17N3O2/c1-8(9(2)14-15-12(13)16)10-4-6-11(17-3)7-5-10/h4-8H,1-3H3,(H3,13,15,16)/b14-9+/t8-/m0/s1. The van der Waals surface area contributed by atoms with E-state index in [1.165, 1.54) is 0 Å². The van der Waals surface area contributed by atoms with Crippen LogP contribution in [-0.2, 0) is 0 Å². The topological polar surface area (TPSA) is 76.7 Å². The van der Waals surface area contributed by atoms with Gasteiger partial charge in [0.05, 0.1) is 7.11 Å². The van der Waals surface area contributed by atoms with Crippen molar-refractivity contribution in [2.24, 2.45) is 10.8 Å². The molecule has 1 rings (SSSR count). The molecular formula is C12H17N3O2. The third kappa shape index (κ3) is 3.79. The third-order valence-electron chi connectivity index (χ3n) is 2.58. The molecule has 2 amide bonds. The summed E-state index contributed by atoms with van der Waals surface area (Å²) in [7, 11) is 1.63. The van der Waals surface area contributed by atoms with E-state index in [9.17, 15) is 4.79 Å². The van der Waals surface area contributed by atoms with Crippen molar-refractivity contribution in [3.63, 3.8) is 0 Å². The molecule has 5 nitrogen and oxygen atoms in total. The van der Waals surface area contributed by atoms with Crippen LogP contribution in [0.4, 0.5) is 4.79 Å². The molecule has 0 aliphatic carbocycles. The van der Waals surface area contributed by atoms with Crippen molar-refractivity contribution >= 4 is 11.7 Å². The van der Waals surface area contributed by atoms with Crippen molar-refractivity contribution in [1.82, 2.24) is 5.43 Å². The Balaban J connectivity index is 2.77. The van der Waals surface area contributed by atoms with Crippen molar-refractivity contribution in [1.29, 1.82) is 0 Å². The molecule has 0 fully saturated rings. The van der Waals surface area contributed by atoms with Crippen molar-refractivity contribution in [3.8, 4) is 5.75 Å². The Morgan fingerprint density at radius 3 is 2.47 bits per heavy atom. The van der Waals surface area contributed by atoms with Gasteiger partial charge in [0.1, 0.15) is 5.75 Å². The molecule has 1 aromatic rings. The van der Waals surface area contributed by atoms with Crippen LogP contribution < -0.4 is 15.9 Å². The first-order valence-corrected chi connectivity index (χ1v) is 5.28. The average Bonchev–Trinajstić information content (AvgIpc) is 2.35. The highest BCUT2D eigenvalue weighted by atomic mass is 16.5. The number of hydrogen-bond acceptors (Lipinski definition) is 3. The number of methoxy groups -OCH3 is 1. The van der Waals surface area contributed by atoms with Crippen LogP contribution in [0.3, 0.4) is 0 Å². The van der Waals surface area contributed by atoms with Gasteiger partial charge in [-0.1, -0.05) is 19.1 Å². The molecule has 17 heavy (non-hydrogen) atoms. The molecule has 0 aliphatic heterocycles. The molecule has 92 valence electrons. The highest BCUT2D eigenvalue weighted by molar-refractivity contribution is 5.89. The van der Waals surface area contributed by atoms with E-state index in [2.05, 4.69) is 10.5 Å². The Morgan fingerprint density at radius 2 is 2.00 bits per heavy atom. The van der Waals surface area contributed by atoms with Gasteiger partial charge in [-0.25, -0.2) is 10.2 Å². The number of nitrogens with zero attached hydrogens (tertiary/aromatic N) is 1. The lowest BCUT2D eigenvalue weighted by atomic mass is 9.97. The molecule has 0 saturated carbocycles. The van der Waals surface area contributed by atoms with Gasteiger partial charge in [0.15, 0.2) is 0 Å². The van der Waals surface area contributed by atoms with E-state index in [4.69, 9.17) is 10.5 Å². The summed E-state index contributed by atoms with van der Waals surface area (Å²) in [4.78, 5) is 10.5. The minimum absolute atomic E-state index is 0.104. The first kappa shape index (κ1) is 13.0. The van der Waals surface area contributed by atoms with E-state index in [-0.39, 0.29) is 5.92 Å². The van der Waals surface area contributed by atoms with E-state index in [0.29, 0.717) is 0 Å². The summed E-state index contributed by atoms with van der Waals surface area (Å²) in [5, 5.41) is 3.90. The summed E-state index contributed by atoms with van der Waals surface area (Å²) in [5.74, 6) is 0.915. The normalized spacial score (nSPS) is 13.0. The number of carbonyl (C=O) groups excluding carboxylic acids is 1. The molecule has 0 aliphatic rings. The average molecular weight is 235 g/mol. The number of hydrogen-bond donors (Lipinski definition) is 2. The molecule has 0 radical (unpaired) electrons. The van der Waals surface area contributed by atoms with Crippen LogP contribution in [0.1, 0.15) is 25.3 Å². The Morgan fingerprint density at radius 1 is 1.41 bits per heavy atom. The van der Waals surface area contributed by atoms with Gasteiger partial charge in [0.25, 0.3) is 0 Å². The summed E-state index contributed by atoms with van der Waals surface area (Å²) in [6.45, 7) is 3.84. The summed E-state index contributed by atoms with van der Waals surface area (Å²) >= 11 is 0. The molecule has 5 heteroatoms. The second-order valence-electron chi connectivity index (χ2n) is 3.72. The van der Waals surface area contributed by atoms with E-state index in [0.717, 1.165) is 17.0 Å². The second-order valence-corrected chi connectivity index (χ2v) is 3.72. The molecule has 1 aromatic carbocycles. The van der Waals surface area contributed by atoms with Crippen molar-refractivity contribution in [2.75, 3.05) is 7.11 Å². The fraction of sp³-hybridized carbons (Fsp3) is 0.333. The number of nitrogens with one attached hydrogen (secondary N) is 1. The molecular weight excluding hydrogens is 218 g/mol. The number of ether oxygens (including phenoxy) is 1. The van der Waals surface area contributed by atoms with Crippen LogP contribution >= 0.6 is 0 Å². The van der Waals surface area contributed by atoms with Crippen LogP contribution in [0.2, 0.25) is 0 Å². The van der Waals surface area contributed by atoms with E-state index in [1.54, 1.807) is 7.11 Å². The highest BCUT2D eigenvalue weighted by Crippen LogP contribution is 2.20. The van der Waals surface area contributed by atoms with Crippen LogP contribution in [0.5, 0.6) is 5.75 Å². The van der Waals surface area contributed by atoms with Gasteiger partial charge in [-0.05, 0) is 24.6 Å². The number of rotatable bonds is 4. The predicted octanol–water partition coefficient (Wildman–Crippen LogP) is 1.84. The van der Waals surface area contributed by atoms with Crippen LogP contribution in [0.25, 0.3) is 0 Å². The molecule has 0 unspecified atom stereocenters. The lowest BCUT2D eigenvalue weighted by Gasteiger charge is -2.12. The summed E-state index contributed by atoms with van der Waals surface area (Å²) in [6, 6.07) is 7.05. The molecule has 3 N–H and O–H groups in total. The molecule has 0 bridgehead atoms. The number of amides is 2. The SMILES string of the molecule is COc1ccc([C@@H](C)/C(C)=N/NC(N)=O)cc1. The predicted molar refractivity (Wildman–Crippen MR) is 67.2 cm³/mol. The van der Waals surface area contributed by atoms with Crippen LogP contribution in [-0.4, -0.2) is 18.9 Å². The zero-order valence-corrected chi connectivity index (χ0v) is 10.2. The van der Waals surface area contributed by atoms with Crippen molar-refractivity contribution in [3.05, 3.63) is 29.8 Å². The fourth-order valence-corrected chi connectivity index (χ4v) is 1.37. The third-order valence-corrected chi connectivity index (χ3v) is 2.58. The monoisotopic (exact) mass is 235 g/mol. The quantitative estimate of drug-likeness (QED) is 0.617. The Hall–Kier alpha value is -2.04. The first-order valence-electron chi connectivity index (χ1n) is 5.28. The molecule has 0 heterocycles. The molecule has 0 spiro atoms. The van der Waals surface area contributed by atoms with Gasteiger partial charge in [0.2, 0.25) is 0 Å². The van der Waals surface area contributed by atoms with Gasteiger partial charge in [-0.15, -0.1) is 0 Å². The first-order chi connectivity index (χ1) is 8.04. The number of urea groups is 1. The highest BCUT2D eigenvalue weighted by Gasteiger charge is 2.09. The minimum atomic E-state index is -0.661. The van der Waals surface area contributed by atoms with E-state index < -0.39 is 6.03 Å². The largest absolute Gasteiger partial charge is 0.497 e.